The number of ether oxygens (including phenoxy) is 1. The fourth-order valence-electron chi connectivity index (χ4n) is 3.83. The number of nitrogens with zero attached hydrogens (tertiary/aromatic N) is 2. The summed E-state index contributed by atoms with van der Waals surface area (Å²) in [6, 6.07) is 15.7. The Kier molecular flexibility index (Phi) is 8.06. The van der Waals surface area contributed by atoms with E-state index in [1.807, 2.05) is 30.3 Å². The molecule has 3 atom stereocenters. The number of aliphatic imine (C=N–C) groups is 2. The molecule has 2 aromatic rings. The SMILES string of the molecule is COC1CCCCC1N=C=Nc1ccc(C(CC(N)=O)c2ccc(Cl)cc2Cl)cc1. The van der Waals surface area contributed by atoms with Crippen molar-refractivity contribution >= 4 is 40.8 Å². The van der Waals surface area contributed by atoms with Crippen LogP contribution >= 0.6 is 23.2 Å². The number of methoxy groups -OCH3 is 1. The third kappa shape index (κ3) is 5.93. The molecule has 1 aliphatic rings. The van der Waals surface area contributed by atoms with Crippen LogP contribution < -0.4 is 5.73 Å². The standard InChI is InChI=1S/C23H25Cl2N3O2/c1-30-22-5-3-2-4-21(22)28-14-27-17-9-6-15(7-10-17)19(13-23(26)29)18-11-8-16(24)12-20(18)25/h6-12,19,21-22H,2-5,13H2,1H3,(H2,26,29). The van der Waals surface area contributed by atoms with E-state index in [-0.39, 0.29) is 24.5 Å². The molecule has 0 saturated heterocycles. The molecule has 0 radical (unpaired) electrons. The molecule has 30 heavy (non-hydrogen) atoms. The highest BCUT2D eigenvalue weighted by Crippen LogP contribution is 2.35. The first kappa shape index (κ1) is 22.5. The van der Waals surface area contributed by atoms with Crippen LogP contribution in [0.3, 0.4) is 0 Å². The lowest BCUT2D eigenvalue weighted by atomic mass is 9.88. The second-order valence-corrected chi connectivity index (χ2v) is 8.29. The summed E-state index contributed by atoms with van der Waals surface area (Å²) in [6.07, 6.45) is 4.63. The van der Waals surface area contributed by atoms with E-state index in [1.165, 1.54) is 6.42 Å². The van der Waals surface area contributed by atoms with Crippen molar-refractivity contribution in [2.75, 3.05) is 7.11 Å². The molecule has 3 unspecified atom stereocenters. The van der Waals surface area contributed by atoms with Crippen LogP contribution in [0.4, 0.5) is 5.69 Å². The number of primary amides is 1. The molecule has 5 nitrogen and oxygen atoms in total. The van der Waals surface area contributed by atoms with Crippen LogP contribution in [-0.2, 0) is 9.53 Å². The summed E-state index contributed by atoms with van der Waals surface area (Å²) in [5.74, 6) is -0.663. The van der Waals surface area contributed by atoms with Gasteiger partial charge in [0, 0.05) is 29.5 Å². The minimum absolute atomic E-state index is 0.110. The van der Waals surface area contributed by atoms with Gasteiger partial charge < -0.3 is 10.5 Å². The van der Waals surface area contributed by atoms with Gasteiger partial charge in [-0.2, -0.15) is 4.99 Å². The minimum Gasteiger partial charge on any atom is -0.379 e. The lowest BCUT2D eigenvalue weighted by Gasteiger charge is -2.26. The highest BCUT2D eigenvalue weighted by Gasteiger charge is 2.24. The van der Waals surface area contributed by atoms with E-state index in [1.54, 1.807) is 19.2 Å². The van der Waals surface area contributed by atoms with Crippen LogP contribution in [0.1, 0.15) is 49.1 Å². The Bertz CT molecular complexity index is 940. The summed E-state index contributed by atoms with van der Waals surface area (Å²) in [5, 5.41) is 1.04. The number of carbonyl (C=O) groups is 1. The summed E-state index contributed by atoms with van der Waals surface area (Å²) >= 11 is 12.4. The van der Waals surface area contributed by atoms with Crippen LogP contribution in [0.25, 0.3) is 0 Å². The van der Waals surface area contributed by atoms with Gasteiger partial charge in [-0.25, -0.2) is 4.99 Å². The zero-order valence-corrected chi connectivity index (χ0v) is 18.4. The van der Waals surface area contributed by atoms with Crippen molar-refractivity contribution in [2.24, 2.45) is 15.7 Å². The maximum atomic E-state index is 11.6. The molecule has 1 fully saturated rings. The quantitative estimate of drug-likeness (QED) is 0.549. The number of amides is 1. The van der Waals surface area contributed by atoms with Crippen molar-refractivity contribution in [1.82, 2.24) is 0 Å². The van der Waals surface area contributed by atoms with Crippen LogP contribution in [-0.4, -0.2) is 31.2 Å². The second-order valence-electron chi connectivity index (χ2n) is 7.45. The average Bonchev–Trinajstić information content (AvgIpc) is 2.73. The number of hydrogen-bond donors (Lipinski definition) is 1. The van der Waals surface area contributed by atoms with Gasteiger partial charge in [-0.3, -0.25) is 4.79 Å². The number of nitrogens with two attached hydrogens (primary N) is 1. The van der Waals surface area contributed by atoms with E-state index in [4.69, 9.17) is 33.7 Å². The molecule has 2 aromatic carbocycles. The van der Waals surface area contributed by atoms with E-state index in [2.05, 4.69) is 16.0 Å². The van der Waals surface area contributed by atoms with Gasteiger partial charge in [-0.05, 0) is 48.2 Å². The Morgan fingerprint density at radius 2 is 1.93 bits per heavy atom. The zero-order chi connectivity index (χ0) is 21.5. The molecule has 2 N–H and O–H groups in total. The van der Waals surface area contributed by atoms with Crippen molar-refractivity contribution in [3.05, 3.63) is 63.6 Å². The van der Waals surface area contributed by atoms with Gasteiger partial charge in [0.05, 0.1) is 23.8 Å². The molecule has 158 valence electrons. The van der Waals surface area contributed by atoms with Crippen LogP contribution in [0.15, 0.2) is 52.4 Å². The van der Waals surface area contributed by atoms with Gasteiger partial charge >= 0.3 is 0 Å². The molecule has 0 spiro atoms. The van der Waals surface area contributed by atoms with Gasteiger partial charge in [0.25, 0.3) is 0 Å². The molecule has 0 aliphatic heterocycles. The van der Waals surface area contributed by atoms with Crippen molar-refractivity contribution < 1.29 is 9.53 Å². The topological polar surface area (TPSA) is 77.0 Å². The van der Waals surface area contributed by atoms with Gasteiger partial charge in [-0.1, -0.05) is 54.2 Å². The fourth-order valence-corrected chi connectivity index (χ4v) is 4.37. The van der Waals surface area contributed by atoms with Crippen LogP contribution in [0, 0.1) is 0 Å². The summed E-state index contributed by atoms with van der Waals surface area (Å²) in [6.45, 7) is 0. The summed E-state index contributed by atoms with van der Waals surface area (Å²) in [4.78, 5) is 20.4. The highest BCUT2D eigenvalue weighted by atomic mass is 35.5. The number of rotatable bonds is 7. The first-order chi connectivity index (χ1) is 14.5. The van der Waals surface area contributed by atoms with Gasteiger partial charge in [0.2, 0.25) is 5.91 Å². The number of halogens is 2. The molecule has 7 heteroatoms. The Balaban J connectivity index is 1.79. The van der Waals surface area contributed by atoms with Crippen molar-refractivity contribution in [1.29, 1.82) is 0 Å². The fraction of sp³-hybridized carbons (Fsp3) is 0.391. The molecule has 0 bridgehead atoms. The lowest BCUT2D eigenvalue weighted by molar-refractivity contribution is -0.118. The maximum Gasteiger partial charge on any atom is 0.218 e. The molecule has 3 rings (SSSR count). The Hall–Kier alpha value is -2.17. The largest absolute Gasteiger partial charge is 0.379 e. The molecule has 1 aliphatic carbocycles. The van der Waals surface area contributed by atoms with Crippen molar-refractivity contribution in [2.45, 2.75) is 50.2 Å². The smallest absolute Gasteiger partial charge is 0.218 e. The number of carbonyl (C=O) groups excluding carboxylic acids is 1. The highest BCUT2D eigenvalue weighted by molar-refractivity contribution is 6.35. The molecular formula is C23H25Cl2N3O2. The first-order valence-corrected chi connectivity index (χ1v) is 10.7. The second kappa shape index (κ2) is 10.7. The van der Waals surface area contributed by atoms with Crippen LogP contribution in [0.2, 0.25) is 10.0 Å². The van der Waals surface area contributed by atoms with Gasteiger partial charge in [0.1, 0.15) is 0 Å². The molecule has 0 aromatic heterocycles. The molecular weight excluding hydrogens is 421 g/mol. The maximum absolute atomic E-state index is 11.6. The molecule has 1 amide bonds. The predicted octanol–water partition coefficient (Wildman–Crippen LogP) is 5.76. The van der Waals surface area contributed by atoms with E-state index in [0.717, 1.165) is 36.1 Å². The molecule has 0 heterocycles. The Labute approximate surface area is 187 Å². The van der Waals surface area contributed by atoms with Crippen LogP contribution in [0.5, 0.6) is 0 Å². The minimum atomic E-state index is -0.402. The van der Waals surface area contributed by atoms with Crippen molar-refractivity contribution in [3.63, 3.8) is 0 Å². The Morgan fingerprint density at radius 3 is 2.60 bits per heavy atom. The molecule has 1 saturated carbocycles. The average molecular weight is 446 g/mol. The Morgan fingerprint density at radius 1 is 1.20 bits per heavy atom. The van der Waals surface area contributed by atoms with Crippen molar-refractivity contribution in [3.8, 4) is 0 Å². The number of hydrogen-bond acceptors (Lipinski definition) is 4. The zero-order valence-electron chi connectivity index (χ0n) is 16.9. The number of benzene rings is 2. The summed E-state index contributed by atoms with van der Waals surface area (Å²) in [5.41, 5.74) is 7.93. The predicted molar refractivity (Wildman–Crippen MR) is 121 cm³/mol. The van der Waals surface area contributed by atoms with E-state index in [9.17, 15) is 4.79 Å². The normalized spacial score (nSPS) is 19.6. The van der Waals surface area contributed by atoms with Gasteiger partial charge in [0.15, 0.2) is 0 Å². The lowest BCUT2D eigenvalue weighted by Crippen LogP contribution is -2.29. The summed E-state index contributed by atoms with van der Waals surface area (Å²) in [7, 11) is 1.73. The monoisotopic (exact) mass is 445 g/mol. The third-order valence-electron chi connectivity index (χ3n) is 5.41. The van der Waals surface area contributed by atoms with E-state index in [0.29, 0.717) is 10.0 Å². The van der Waals surface area contributed by atoms with E-state index >= 15 is 0 Å². The van der Waals surface area contributed by atoms with E-state index < -0.39 is 5.91 Å². The third-order valence-corrected chi connectivity index (χ3v) is 5.97. The van der Waals surface area contributed by atoms with Gasteiger partial charge in [-0.15, -0.1) is 0 Å². The summed E-state index contributed by atoms with van der Waals surface area (Å²) < 4.78 is 5.51. The first-order valence-electron chi connectivity index (χ1n) is 9.99.